The number of nitrogens with zero attached hydrogens (tertiary/aromatic N) is 1. The quantitative estimate of drug-likeness (QED) is 0.590. The van der Waals surface area contributed by atoms with Gasteiger partial charge in [-0.3, -0.25) is 4.79 Å². The van der Waals surface area contributed by atoms with Crippen LogP contribution in [0, 0.1) is 11.3 Å². The zero-order valence-electron chi connectivity index (χ0n) is 12.6. The maximum Gasteiger partial charge on any atom is 0.315 e. The van der Waals surface area contributed by atoms with Crippen molar-refractivity contribution < 1.29 is 19.0 Å². The fourth-order valence-corrected chi connectivity index (χ4v) is 2.41. The Labute approximate surface area is 142 Å². The van der Waals surface area contributed by atoms with Crippen molar-refractivity contribution in [3.8, 4) is 23.3 Å². The third kappa shape index (κ3) is 4.24. The predicted molar refractivity (Wildman–Crippen MR) is 87.7 cm³/mol. The van der Waals surface area contributed by atoms with Gasteiger partial charge in [-0.05, 0) is 42.0 Å². The summed E-state index contributed by atoms with van der Waals surface area (Å²) in [6.45, 7) is 0. The van der Waals surface area contributed by atoms with Crippen LogP contribution in [0.15, 0.2) is 40.9 Å². The number of esters is 1. The average molecular weight is 376 g/mol. The summed E-state index contributed by atoms with van der Waals surface area (Å²) in [6.07, 6.45) is 0.0704. The molecule has 0 bridgehead atoms. The molecule has 118 valence electrons. The van der Waals surface area contributed by atoms with Crippen LogP contribution in [-0.4, -0.2) is 20.2 Å². The van der Waals surface area contributed by atoms with E-state index in [1.165, 1.54) is 7.11 Å². The molecule has 0 aromatic heterocycles. The fraction of sp³-hybridized carbons (Fsp3) is 0.176. The third-order valence-electron chi connectivity index (χ3n) is 3.10. The van der Waals surface area contributed by atoms with Crippen molar-refractivity contribution in [3.05, 3.63) is 52.0 Å². The highest BCUT2D eigenvalue weighted by atomic mass is 79.9. The second-order valence-electron chi connectivity index (χ2n) is 4.59. The second kappa shape index (κ2) is 7.65. The number of rotatable bonds is 5. The Morgan fingerprint density at radius 1 is 1.13 bits per heavy atom. The lowest BCUT2D eigenvalue weighted by molar-refractivity contribution is -0.133. The van der Waals surface area contributed by atoms with Crippen LogP contribution in [0.25, 0.3) is 0 Å². The molecule has 2 aromatic carbocycles. The normalized spacial score (nSPS) is 9.83. The third-order valence-corrected chi connectivity index (χ3v) is 3.84. The van der Waals surface area contributed by atoms with E-state index in [4.69, 9.17) is 19.5 Å². The van der Waals surface area contributed by atoms with Gasteiger partial charge in [0.1, 0.15) is 5.75 Å². The van der Waals surface area contributed by atoms with Crippen LogP contribution in [-0.2, 0) is 11.2 Å². The smallest absolute Gasteiger partial charge is 0.315 e. The summed E-state index contributed by atoms with van der Waals surface area (Å²) in [6, 6.07) is 11.8. The summed E-state index contributed by atoms with van der Waals surface area (Å²) in [5, 5.41) is 8.74. The van der Waals surface area contributed by atoms with Crippen LogP contribution in [0.5, 0.6) is 17.2 Å². The lowest BCUT2D eigenvalue weighted by atomic mass is 10.1. The first kappa shape index (κ1) is 16.8. The van der Waals surface area contributed by atoms with E-state index in [9.17, 15) is 4.79 Å². The van der Waals surface area contributed by atoms with Gasteiger partial charge >= 0.3 is 5.97 Å². The summed E-state index contributed by atoms with van der Waals surface area (Å²) < 4.78 is 16.4. The van der Waals surface area contributed by atoms with E-state index in [0.29, 0.717) is 22.8 Å². The minimum absolute atomic E-state index is 0.0704. The van der Waals surface area contributed by atoms with Crippen LogP contribution in [0.1, 0.15) is 11.1 Å². The molecule has 0 heterocycles. The van der Waals surface area contributed by atoms with E-state index in [-0.39, 0.29) is 6.42 Å². The van der Waals surface area contributed by atoms with E-state index in [0.717, 1.165) is 10.0 Å². The molecule has 6 heteroatoms. The maximum absolute atomic E-state index is 12.1. The molecule has 0 aliphatic carbocycles. The molecular weight excluding hydrogens is 362 g/mol. The van der Waals surface area contributed by atoms with Crippen molar-refractivity contribution in [1.29, 1.82) is 5.26 Å². The van der Waals surface area contributed by atoms with Crippen molar-refractivity contribution in [2.75, 3.05) is 14.2 Å². The van der Waals surface area contributed by atoms with Crippen LogP contribution in [0.2, 0.25) is 0 Å². The van der Waals surface area contributed by atoms with E-state index < -0.39 is 5.97 Å². The molecule has 0 saturated heterocycles. The number of carbonyl (C=O) groups is 1. The van der Waals surface area contributed by atoms with Crippen LogP contribution < -0.4 is 14.2 Å². The number of hydrogen-bond donors (Lipinski definition) is 0. The number of ether oxygens (including phenoxy) is 3. The fourth-order valence-electron chi connectivity index (χ4n) is 1.95. The molecule has 23 heavy (non-hydrogen) atoms. The highest BCUT2D eigenvalue weighted by Gasteiger charge is 2.14. The van der Waals surface area contributed by atoms with E-state index >= 15 is 0 Å². The monoisotopic (exact) mass is 375 g/mol. The molecule has 0 aliphatic heterocycles. The first-order valence-electron chi connectivity index (χ1n) is 6.68. The van der Waals surface area contributed by atoms with Gasteiger partial charge in [-0.25, -0.2) is 0 Å². The van der Waals surface area contributed by atoms with Gasteiger partial charge < -0.3 is 14.2 Å². The minimum atomic E-state index is -0.414. The molecule has 0 fully saturated rings. The minimum Gasteiger partial charge on any atom is -0.493 e. The number of carbonyl (C=O) groups excluding carboxylic acids is 1. The molecule has 0 N–H and O–H groups in total. The van der Waals surface area contributed by atoms with Gasteiger partial charge in [0.15, 0.2) is 11.5 Å². The summed E-state index contributed by atoms with van der Waals surface area (Å²) in [5.41, 5.74) is 1.23. The molecule has 0 spiro atoms. The Bertz CT molecular complexity index is 750. The Morgan fingerprint density at radius 3 is 2.30 bits per heavy atom. The van der Waals surface area contributed by atoms with Crippen molar-refractivity contribution in [1.82, 2.24) is 0 Å². The largest absolute Gasteiger partial charge is 0.493 e. The highest BCUT2D eigenvalue weighted by molar-refractivity contribution is 9.10. The number of benzene rings is 2. The number of nitriles is 1. The molecule has 0 radical (unpaired) electrons. The van der Waals surface area contributed by atoms with Crippen molar-refractivity contribution in [2.24, 2.45) is 0 Å². The number of halogens is 1. The number of hydrogen-bond acceptors (Lipinski definition) is 5. The molecule has 0 amide bonds. The first-order chi connectivity index (χ1) is 11.1. The molecule has 2 aromatic rings. The van der Waals surface area contributed by atoms with Gasteiger partial charge in [-0.15, -0.1) is 0 Å². The SMILES string of the molecule is COc1cc(Br)c(CC(=O)Oc2ccc(C#N)cc2)cc1OC. The van der Waals surface area contributed by atoms with Gasteiger partial charge in [-0.2, -0.15) is 5.26 Å². The van der Waals surface area contributed by atoms with E-state index in [1.807, 2.05) is 6.07 Å². The predicted octanol–water partition coefficient (Wildman–Crippen LogP) is 3.49. The standard InChI is InChI=1S/C17H14BrNO4/c1-21-15-7-12(14(18)9-16(15)22-2)8-17(20)23-13-5-3-11(10-19)4-6-13/h3-7,9H,8H2,1-2H3. The zero-order valence-corrected chi connectivity index (χ0v) is 14.2. The van der Waals surface area contributed by atoms with Gasteiger partial charge in [-0.1, -0.05) is 15.9 Å². The molecule has 2 rings (SSSR count). The van der Waals surface area contributed by atoms with Crippen LogP contribution in [0.4, 0.5) is 0 Å². The lowest BCUT2D eigenvalue weighted by Crippen LogP contribution is -2.12. The zero-order chi connectivity index (χ0) is 16.8. The summed E-state index contributed by atoms with van der Waals surface area (Å²) in [4.78, 5) is 12.1. The Kier molecular flexibility index (Phi) is 5.61. The summed E-state index contributed by atoms with van der Waals surface area (Å²) >= 11 is 3.40. The second-order valence-corrected chi connectivity index (χ2v) is 5.44. The van der Waals surface area contributed by atoms with Gasteiger partial charge in [0.2, 0.25) is 0 Å². The van der Waals surface area contributed by atoms with Crippen LogP contribution in [0.3, 0.4) is 0 Å². The Morgan fingerprint density at radius 2 is 1.74 bits per heavy atom. The van der Waals surface area contributed by atoms with Crippen molar-refractivity contribution in [3.63, 3.8) is 0 Å². The number of methoxy groups -OCH3 is 2. The van der Waals surface area contributed by atoms with E-state index in [2.05, 4.69) is 15.9 Å². The van der Waals surface area contributed by atoms with Gasteiger partial charge in [0.05, 0.1) is 32.3 Å². The molecule has 0 saturated carbocycles. The van der Waals surface area contributed by atoms with E-state index in [1.54, 1.807) is 43.5 Å². The average Bonchev–Trinajstić information content (AvgIpc) is 2.56. The molecule has 0 atom stereocenters. The topological polar surface area (TPSA) is 68.5 Å². The lowest BCUT2D eigenvalue weighted by Gasteiger charge is -2.11. The highest BCUT2D eigenvalue weighted by Crippen LogP contribution is 2.33. The molecular formula is C17H14BrNO4. The summed E-state index contributed by atoms with van der Waals surface area (Å²) in [5.74, 6) is 1.09. The molecule has 0 aliphatic rings. The van der Waals surface area contributed by atoms with Crippen molar-refractivity contribution >= 4 is 21.9 Å². The summed E-state index contributed by atoms with van der Waals surface area (Å²) in [7, 11) is 3.08. The maximum atomic E-state index is 12.1. The first-order valence-corrected chi connectivity index (χ1v) is 7.48. The van der Waals surface area contributed by atoms with Gasteiger partial charge in [0, 0.05) is 4.47 Å². The van der Waals surface area contributed by atoms with Gasteiger partial charge in [0.25, 0.3) is 0 Å². The van der Waals surface area contributed by atoms with Crippen molar-refractivity contribution in [2.45, 2.75) is 6.42 Å². The Balaban J connectivity index is 2.11. The molecule has 0 unspecified atom stereocenters. The molecule has 5 nitrogen and oxygen atoms in total. The Hall–Kier alpha value is -2.52. The van der Waals surface area contributed by atoms with Crippen LogP contribution >= 0.6 is 15.9 Å².